The van der Waals surface area contributed by atoms with E-state index < -0.39 is 26.9 Å². The van der Waals surface area contributed by atoms with Gasteiger partial charge in [0.1, 0.15) is 11.5 Å². The first-order chi connectivity index (χ1) is 30.5. The van der Waals surface area contributed by atoms with Gasteiger partial charge in [0.25, 0.3) is 10.1 Å². The predicted molar refractivity (Wildman–Crippen MR) is 250 cm³/mol. The molecule has 11 rings (SSSR count). The maximum absolute atomic E-state index is 12.4. The number of fused-ring (bicyclic) bond motifs is 14. The summed E-state index contributed by atoms with van der Waals surface area (Å²) < 4.78 is 49.6. The van der Waals surface area contributed by atoms with Crippen molar-refractivity contribution in [2.75, 3.05) is 18.0 Å². The maximum atomic E-state index is 12.4. The van der Waals surface area contributed by atoms with Crippen LogP contribution in [0.4, 0.5) is 17.1 Å². The number of anilines is 2. The third-order valence-corrected chi connectivity index (χ3v) is 14.6. The van der Waals surface area contributed by atoms with Crippen LogP contribution < -0.4 is 24.8 Å². The van der Waals surface area contributed by atoms with Gasteiger partial charge in [0.05, 0.1) is 44.6 Å². The molecule has 0 saturated carbocycles. The molecule has 0 fully saturated rings. The number of carboxylic acids is 1. The first kappa shape index (κ1) is 40.5. The highest BCUT2D eigenvalue weighted by atomic mass is 32.2. The van der Waals surface area contributed by atoms with Crippen molar-refractivity contribution in [1.29, 1.82) is 0 Å². The Hall–Kier alpha value is -6.32. The van der Waals surface area contributed by atoms with Crippen LogP contribution in [0.3, 0.4) is 0 Å². The second-order valence-electron chi connectivity index (χ2n) is 18.3. The lowest BCUT2D eigenvalue weighted by atomic mass is 9.80. The van der Waals surface area contributed by atoms with Crippen molar-refractivity contribution in [1.82, 2.24) is 4.58 Å². The molecule has 8 aromatic rings. The Morgan fingerprint density at radius 2 is 1.44 bits per heavy atom. The van der Waals surface area contributed by atoms with Gasteiger partial charge in [0, 0.05) is 56.4 Å². The van der Waals surface area contributed by atoms with Crippen molar-refractivity contribution in [2.45, 2.75) is 55.2 Å². The average molecular weight is 890 g/mol. The summed E-state index contributed by atoms with van der Waals surface area (Å²) in [5.74, 6) is 0.527. The van der Waals surface area contributed by atoms with Crippen LogP contribution in [-0.2, 0) is 30.3 Å². The van der Waals surface area contributed by atoms with Crippen LogP contribution in [0.2, 0.25) is 0 Å². The highest BCUT2D eigenvalue weighted by Crippen LogP contribution is 2.57. The standard InChI is InChI=1S/C51H40N2O9S2/c1-27-6-12-33(13-7-27)52-25-50(2,3)44-46(52)40-23-32-19-36(64(57,58)59)17-11-30(32)21-38(40)42-24-41-37-20-29-10-16-35(63-62-61-56)18-31(29)22-39(37)45-43(47(41)60-48(42)44)51(4,5)26-53(45)34-14-8-28(9-15-34)49(54)55/h6-24H,25-26H2,1-5H3,(H2-,54,55,56,57,58,59)/p+1. The van der Waals surface area contributed by atoms with Crippen LogP contribution in [0.25, 0.3) is 49.2 Å². The lowest BCUT2D eigenvalue weighted by Crippen LogP contribution is -2.29. The van der Waals surface area contributed by atoms with Gasteiger partial charge >= 0.3 is 5.97 Å². The third-order valence-electron chi connectivity index (χ3n) is 13.1. The Morgan fingerprint density at radius 3 is 2.14 bits per heavy atom. The van der Waals surface area contributed by atoms with Crippen LogP contribution in [0.5, 0.6) is 11.5 Å². The zero-order valence-corrected chi connectivity index (χ0v) is 37.0. The lowest BCUT2D eigenvalue weighted by Gasteiger charge is -2.28. The fraction of sp³-hybridized carbons (Fsp3) is 0.176. The molecule has 13 heteroatoms. The topological polar surface area (TPSA) is 146 Å². The zero-order chi connectivity index (χ0) is 44.6. The van der Waals surface area contributed by atoms with Gasteiger partial charge in [-0.05, 0) is 132 Å². The molecule has 0 aromatic heterocycles. The fourth-order valence-corrected chi connectivity index (χ4v) is 11.2. The summed E-state index contributed by atoms with van der Waals surface area (Å²) in [6.45, 7) is 12.2. The summed E-state index contributed by atoms with van der Waals surface area (Å²) in [4.78, 5) is 14.7. The molecule has 0 amide bonds. The minimum atomic E-state index is -4.45. The van der Waals surface area contributed by atoms with Crippen LogP contribution >= 0.6 is 12.0 Å². The fourth-order valence-electron chi connectivity index (χ4n) is 10.3. The number of carbonyl (C=O) groups is 1. The van der Waals surface area contributed by atoms with Crippen molar-refractivity contribution in [3.63, 3.8) is 0 Å². The smallest absolute Gasteiger partial charge is 0.335 e. The lowest BCUT2D eigenvalue weighted by molar-refractivity contribution is -0.432. The van der Waals surface area contributed by atoms with E-state index in [1.807, 2.05) is 36.4 Å². The molecule has 320 valence electrons. The number of carboxylic acid groups (broad SMARTS) is 1. The van der Waals surface area contributed by atoms with E-state index in [0.29, 0.717) is 18.5 Å². The molecule has 3 heterocycles. The summed E-state index contributed by atoms with van der Waals surface area (Å²) in [7, 11) is -4.45. The van der Waals surface area contributed by atoms with E-state index in [2.05, 4.69) is 97.7 Å². The molecule has 64 heavy (non-hydrogen) atoms. The van der Waals surface area contributed by atoms with Crippen LogP contribution in [0, 0.1) is 6.92 Å². The average Bonchev–Trinajstić information content (AvgIpc) is 3.72. The van der Waals surface area contributed by atoms with Crippen LogP contribution in [0.1, 0.15) is 60.3 Å². The summed E-state index contributed by atoms with van der Waals surface area (Å²) in [6.07, 6.45) is 2.26. The Bertz CT molecular complexity index is 3640. The number of hydrogen-bond donors (Lipinski definition) is 3. The molecule has 0 radical (unpaired) electrons. The highest BCUT2D eigenvalue weighted by molar-refractivity contribution is 7.94. The zero-order valence-electron chi connectivity index (χ0n) is 35.4. The van der Waals surface area contributed by atoms with Crippen molar-refractivity contribution >= 4 is 94.4 Å². The van der Waals surface area contributed by atoms with Gasteiger partial charge < -0.3 is 14.7 Å². The molecule has 3 aliphatic rings. The molecular formula is C51H41N2O9S2+. The number of nitrogens with zero attached hydrogens (tertiary/aromatic N) is 2. The summed E-state index contributed by atoms with van der Waals surface area (Å²) >= 11 is 0.892. The first-order valence-electron chi connectivity index (χ1n) is 20.8. The third kappa shape index (κ3) is 6.21. The van der Waals surface area contributed by atoms with Gasteiger partial charge in [-0.25, -0.2) is 10.1 Å². The van der Waals surface area contributed by atoms with Gasteiger partial charge in [-0.15, -0.1) is 4.33 Å². The van der Waals surface area contributed by atoms with E-state index in [0.717, 1.165) is 116 Å². The van der Waals surface area contributed by atoms with Crippen LogP contribution in [-0.4, -0.2) is 42.4 Å². The number of hydrogen-bond acceptors (Lipinski definition) is 9. The number of ether oxygens (including phenoxy) is 1. The van der Waals surface area contributed by atoms with E-state index in [1.165, 1.54) is 12.1 Å². The Kier molecular flexibility index (Phi) is 8.91. The number of aromatic carboxylic acids is 1. The van der Waals surface area contributed by atoms with E-state index in [4.69, 9.17) is 14.3 Å². The Morgan fingerprint density at radius 1 is 0.766 bits per heavy atom. The van der Waals surface area contributed by atoms with E-state index in [9.17, 15) is 22.9 Å². The van der Waals surface area contributed by atoms with Crippen molar-refractivity contribution < 1.29 is 42.2 Å². The van der Waals surface area contributed by atoms with Crippen molar-refractivity contribution in [2.24, 2.45) is 0 Å². The molecule has 0 bridgehead atoms. The number of benzene rings is 8. The van der Waals surface area contributed by atoms with Gasteiger partial charge in [-0.2, -0.15) is 13.0 Å². The Labute approximate surface area is 371 Å². The van der Waals surface area contributed by atoms with Crippen molar-refractivity contribution in [3.05, 3.63) is 148 Å². The molecule has 0 atom stereocenters. The molecular weight excluding hydrogens is 849 g/mol. The maximum Gasteiger partial charge on any atom is 0.335 e. The minimum Gasteiger partial charge on any atom is -0.478 e. The largest absolute Gasteiger partial charge is 0.478 e. The SMILES string of the molecule is Cc1ccc([N+]2=c3c(c4c(c5cc6ccc(S(=O)(=O)O)cc6cc35)=Cc3c(c5c(c6cc7cc(SOOO)ccc7cc36)N(c3ccc(C(=O)O)cc3)CC5(C)C)O4)C(C)(C)C2)cc1. The van der Waals surface area contributed by atoms with Gasteiger partial charge in [0.15, 0.2) is 6.54 Å². The monoisotopic (exact) mass is 889 g/mol. The quantitative estimate of drug-likeness (QED) is 0.0351. The molecule has 0 saturated heterocycles. The molecule has 0 spiro atoms. The van der Waals surface area contributed by atoms with Gasteiger partial charge in [0.2, 0.25) is 11.0 Å². The minimum absolute atomic E-state index is 0.171. The highest BCUT2D eigenvalue weighted by Gasteiger charge is 2.46. The van der Waals surface area contributed by atoms with Gasteiger partial charge in [-0.3, -0.25) is 4.55 Å². The second kappa shape index (κ2) is 14.1. The number of aryl methyl sites for hydroxylation is 1. The van der Waals surface area contributed by atoms with E-state index in [-0.39, 0.29) is 10.5 Å². The molecule has 3 N–H and O–H groups in total. The second-order valence-corrected chi connectivity index (χ2v) is 20.5. The summed E-state index contributed by atoms with van der Waals surface area (Å²) in [5, 5.41) is 31.6. The molecule has 8 aromatic carbocycles. The van der Waals surface area contributed by atoms with E-state index in [1.54, 1.807) is 18.2 Å². The first-order valence-corrected chi connectivity index (χ1v) is 22.9. The van der Waals surface area contributed by atoms with Gasteiger partial charge in [-0.1, -0.05) is 48.7 Å². The molecule has 0 unspecified atom stereocenters. The number of rotatable bonds is 7. The predicted octanol–water partition coefficient (Wildman–Crippen LogP) is 10.5. The Balaban J connectivity index is 1.29. The van der Waals surface area contributed by atoms with Crippen molar-refractivity contribution in [3.8, 4) is 11.5 Å². The molecule has 0 aliphatic carbocycles. The molecule has 3 aliphatic heterocycles. The summed E-state index contributed by atoms with van der Waals surface area (Å²) in [6, 6.07) is 34.5. The van der Waals surface area contributed by atoms with E-state index >= 15 is 0 Å². The molecule has 11 nitrogen and oxygen atoms in total. The summed E-state index contributed by atoms with van der Waals surface area (Å²) in [5.41, 5.74) is 6.29. The van der Waals surface area contributed by atoms with Crippen LogP contribution in [0.15, 0.2) is 119 Å². The normalized spacial score (nSPS) is 15.9.